The second kappa shape index (κ2) is 10.8. The lowest BCUT2D eigenvalue weighted by Crippen LogP contribution is -2.61. The minimum atomic E-state index is -0.328. The van der Waals surface area contributed by atoms with Gasteiger partial charge in [-0.2, -0.15) is 4.99 Å². The summed E-state index contributed by atoms with van der Waals surface area (Å²) in [6, 6.07) is 0.635. The maximum atomic E-state index is 6.01. The minimum Gasteiger partial charge on any atom is -0.465 e. The zero-order valence-corrected chi connectivity index (χ0v) is 14.9. The first-order valence-electron chi connectivity index (χ1n) is 8.69. The molecule has 0 spiro atoms. The number of nitrogens with zero attached hydrogens (tertiary/aromatic N) is 3. The Balaban J connectivity index is 3.06. The zero-order valence-electron chi connectivity index (χ0n) is 14.9. The molecule has 0 saturated carbocycles. The largest absolute Gasteiger partial charge is 0.465 e. The Morgan fingerprint density at radius 2 is 1.64 bits per heavy atom. The van der Waals surface area contributed by atoms with E-state index in [1.165, 1.54) is 0 Å². The summed E-state index contributed by atoms with van der Waals surface area (Å²) in [4.78, 5) is 8.97. The van der Waals surface area contributed by atoms with Gasteiger partial charge in [0.1, 0.15) is 0 Å². The molecule has 0 N–H and O–H groups in total. The van der Waals surface area contributed by atoms with Crippen LogP contribution < -0.4 is 0 Å². The van der Waals surface area contributed by atoms with E-state index in [2.05, 4.69) is 35.6 Å². The predicted molar refractivity (Wildman–Crippen MR) is 88.5 cm³/mol. The summed E-state index contributed by atoms with van der Waals surface area (Å²) in [5.41, 5.74) is 0. The van der Waals surface area contributed by atoms with E-state index in [0.717, 1.165) is 32.4 Å². The molecule has 1 aliphatic rings. The number of amidine groups is 1. The van der Waals surface area contributed by atoms with Gasteiger partial charge in [0.2, 0.25) is 6.35 Å². The number of ether oxygens (including phenoxy) is 3. The third kappa shape index (κ3) is 5.11. The molecule has 1 aliphatic heterocycles. The summed E-state index contributed by atoms with van der Waals surface area (Å²) in [6.45, 7) is 14.0. The molecule has 0 bridgehead atoms. The molecule has 0 radical (unpaired) electrons. The van der Waals surface area contributed by atoms with Crippen molar-refractivity contribution in [2.45, 2.75) is 66.6 Å². The first-order chi connectivity index (χ1) is 10.7. The van der Waals surface area contributed by atoms with Crippen LogP contribution in [0.5, 0.6) is 0 Å². The van der Waals surface area contributed by atoms with Gasteiger partial charge in [-0.1, -0.05) is 20.8 Å². The van der Waals surface area contributed by atoms with Crippen LogP contribution in [0.1, 0.15) is 53.9 Å². The molecular formula is C16H33N3O3. The molecule has 1 heterocycles. The molecule has 0 fully saturated rings. The van der Waals surface area contributed by atoms with Crippen molar-refractivity contribution in [1.82, 2.24) is 9.80 Å². The average molecular weight is 315 g/mol. The Hall–Kier alpha value is -0.850. The Morgan fingerprint density at radius 1 is 0.909 bits per heavy atom. The second-order valence-electron chi connectivity index (χ2n) is 5.25. The first-order valence-corrected chi connectivity index (χ1v) is 8.69. The van der Waals surface area contributed by atoms with Gasteiger partial charge in [-0.25, -0.2) is 4.90 Å². The van der Waals surface area contributed by atoms with Crippen molar-refractivity contribution >= 4 is 6.02 Å². The van der Waals surface area contributed by atoms with Crippen molar-refractivity contribution in [3.8, 4) is 0 Å². The quantitative estimate of drug-likeness (QED) is 0.620. The van der Waals surface area contributed by atoms with Crippen LogP contribution in [0.25, 0.3) is 0 Å². The van der Waals surface area contributed by atoms with Gasteiger partial charge in [-0.05, 0) is 33.1 Å². The van der Waals surface area contributed by atoms with Crippen molar-refractivity contribution in [1.29, 1.82) is 0 Å². The highest BCUT2D eigenvalue weighted by molar-refractivity contribution is 5.74. The van der Waals surface area contributed by atoms with Crippen molar-refractivity contribution in [2.24, 2.45) is 4.99 Å². The molecule has 0 amide bonds. The fraction of sp³-hybridized carbons (Fsp3) is 0.938. The highest BCUT2D eigenvalue weighted by Gasteiger charge is 2.38. The summed E-state index contributed by atoms with van der Waals surface area (Å²) in [7, 11) is 0. The van der Waals surface area contributed by atoms with Crippen LogP contribution in [0, 0.1) is 0 Å². The Bertz CT molecular complexity index is 326. The molecule has 0 aromatic carbocycles. The molecule has 2 unspecified atom stereocenters. The summed E-state index contributed by atoms with van der Waals surface area (Å²) in [5, 5.41) is 0. The smallest absolute Gasteiger partial charge is 0.294 e. The van der Waals surface area contributed by atoms with E-state index in [-0.39, 0.29) is 12.7 Å². The maximum absolute atomic E-state index is 6.01. The molecule has 2 atom stereocenters. The van der Waals surface area contributed by atoms with Crippen LogP contribution in [0.4, 0.5) is 0 Å². The molecule has 0 aromatic heterocycles. The van der Waals surface area contributed by atoms with Crippen LogP contribution >= 0.6 is 0 Å². The van der Waals surface area contributed by atoms with Crippen molar-refractivity contribution in [3.05, 3.63) is 0 Å². The Morgan fingerprint density at radius 3 is 2.18 bits per heavy atom. The minimum absolute atomic E-state index is 0.175. The van der Waals surface area contributed by atoms with Gasteiger partial charge in [0.05, 0.1) is 13.2 Å². The van der Waals surface area contributed by atoms with E-state index >= 15 is 0 Å². The number of aliphatic imine (C=N–C) groups is 1. The highest BCUT2D eigenvalue weighted by atomic mass is 16.6. The van der Waals surface area contributed by atoms with Gasteiger partial charge in [-0.3, -0.25) is 4.90 Å². The molecular weight excluding hydrogens is 282 g/mol. The standard InChI is InChI=1S/C16H33N3O3/c1-6-11-18-14(20-9-4)17-15(22-13-8-3)19(12-7-2)16(18)21-10-5/h15-16H,6-13H2,1-5H3. The normalized spacial score (nSPS) is 22.8. The van der Waals surface area contributed by atoms with Gasteiger partial charge in [0.15, 0.2) is 6.35 Å². The summed E-state index contributed by atoms with van der Waals surface area (Å²) in [5.74, 6) is 0. The third-order valence-electron chi connectivity index (χ3n) is 3.31. The summed E-state index contributed by atoms with van der Waals surface area (Å²) >= 11 is 0. The van der Waals surface area contributed by atoms with Gasteiger partial charge >= 0.3 is 0 Å². The van der Waals surface area contributed by atoms with Crippen LogP contribution in [0.3, 0.4) is 0 Å². The van der Waals surface area contributed by atoms with E-state index in [1.54, 1.807) is 0 Å². The van der Waals surface area contributed by atoms with Gasteiger partial charge in [0, 0.05) is 19.7 Å². The number of rotatable bonds is 10. The van der Waals surface area contributed by atoms with E-state index in [9.17, 15) is 0 Å². The monoisotopic (exact) mass is 315 g/mol. The summed E-state index contributed by atoms with van der Waals surface area (Å²) in [6.07, 6.45) is 2.50. The third-order valence-corrected chi connectivity index (χ3v) is 3.31. The van der Waals surface area contributed by atoms with Crippen LogP contribution in [-0.4, -0.2) is 61.4 Å². The Labute approximate surface area is 135 Å². The SMILES string of the molecule is CCCOC1N=C(OCC)N(CCC)C(OCC)N1CCC. The van der Waals surface area contributed by atoms with Crippen molar-refractivity contribution < 1.29 is 14.2 Å². The van der Waals surface area contributed by atoms with Crippen LogP contribution in [-0.2, 0) is 14.2 Å². The molecule has 0 aromatic rings. The number of hydrogen-bond donors (Lipinski definition) is 0. The first kappa shape index (κ1) is 19.2. The van der Waals surface area contributed by atoms with E-state index in [4.69, 9.17) is 14.2 Å². The fourth-order valence-electron chi connectivity index (χ4n) is 2.49. The zero-order chi connectivity index (χ0) is 16.4. The highest BCUT2D eigenvalue weighted by Crippen LogP contribution is 2.22. The fourth-order valence-corrected chi connectivity index (χ4v) is 2.49. The van der Waals surface area contributed by atoms with Gasteiger partial charge in [-0.15, -0.1) is 0 Å². The van der Waals surface area contributed by atoms with Gasteiger partial charge < -0.3 is 14.2 Å². The molecule has 130 valence electrons. The molecule has 1 rings (SSSR count). The van der Waals surface area contributed by atoms with E-state index < -0.39 is 0 Å². The van der Waals surface area contributed by atoms with Crippen LogP contribution in [0.15, 0.2) is 4.99 Å². The van der Waals surface area contributed by atoms with E-state index in [1.807, 2.05) is 13.8 Å². The molecule has 22 heavy (non-hydrogen) atoms. The summed E-state index contributed by atoms with van der Waals surface area (Å²) < 4.78 is 17.7. The molecule has 0 saturated heterocycles. The molecule has 6 heteroatoms. The van der Waals surface area contributed by atoms with Crippen molar-refractivity contribution in [2.75, 3.05) is 32.9 Å². The van der Waals surface area contributed by atoms with E-state index in [0.29, 0.717) is 25.8 Å². The predicted octanol–water partition coefficient (Wildman–Crippen LogP) is 2.85. The second-order valence-corrected chi connectivity index (χ2v) is 5.25. The maximum Gasteiger partial charge on any atom is 0.294 e. The molecule has 6 nitrogen and oxygen atoms in total. The van der Waals surface area contributed by atoms with Gasteiger partial charge in [0.25, 0.3) is 6.02 Å². The van der Waals surface area contributed by atoms with Crippen molar-refractivity contribution in [3.63, 3.8) is 0 Å². The average Bonchev–Trinajstić information content (AvgIpc) is 2.51. The topological polar surface area (TPSA) is 46.5 Å². The lowest BCUT2D eigenvalue weighted by atomic mass is 10.3. The number of hydrogen-bond acceptors (Lipinski definition) is 6. The lowest BCUT2D eigenvalue weighted by Gasteiger charge is -2.45. The molecule has 0 aliphatic carbocycles. The van der Waals surface area contributed by atoms with Crippen LogP contribution in [0.2, 0.25) is 0 Å². The Kier molecular flexibility index (Phi) is 9.43. The lowest BCUT2D eigenvalue weighted by molar-refractivity contribution is -0.208.